The molecule has 3 aromatic rings. The van der Waals surface area contributed by atoms with Gasteiger partial charge in [0.05, 0.1) is 4.90 Å². The van der Waals surface area contributed by atoms with E-state index < -0.39 is 28.3 Å². The Labute approximate surface area is 163 Å². The van der Waals surface area contributed by atoms with Crippen molar-refractivity contribution < 1.29 is 23.4 Å². The highest BCUT2D eigenvalue weighted by Crippen LogP contribution is 2.39. The number of carboxylic acid groups (broad SMARTS) is 1. The first kappa shape index (κ1) is 19.7. The Bertz CT molecular complexity index is 1160. The highest BCUT2D eigenvalue weighted by Gasteiger charge is 2.32. The highest BCUT2D eigenvalue weighted by molar-refractivity contribution is 7.93. The average molecular weight is 398 g/mol. The van der Waals surface area contributed by atoms with E-state index in [9.17, 15) is 23.4 Å². The fourth-order valence-corrected chi connectivity index (χ4v) is 5.37. The minimum atomic E-state index is -4.27. The third-order valence-electron chi connectivity index (χ3n) is 4.56. The molecule has 3 rings (SSSR count). The first-order valence-electron chi connectivity index (χ1n) is 8.64. The molecule has 0 aromatic heterocycles. The number of hydrogen-bond donors (Lipinski definition) is 1. The molecule has 0 aliphatic rings. The normalized spacial score (nSPS) is 11.5. The summed E-state index contributed by atoms with van der Waals surface area (Å²) in [5.74, 6) is -1.87. The molecule has 0 atom stereocenters. The summed E-state index contributed by atoms with van der Waals surface area (Å²) < 4.78 is 27.6. The summed E-state index contributed by atoms with van der Waals surface area (Å²) in [4.78, 5) is 11.5. The van der Waals surface area contributed by atoms with Gasteiger partial charge in [0.25, 0.3) is 10.0 Å². The fraction of sp³-hybridized carbons (Fsp3) is 0.190. The number of aryl methyl sites for hydroxylation is 3. The van der Waals surface area contributed by atoms with Gasteiger partial charge in [-0.25, -0.2) is 8.42 Å². The molecule has 0 fully saturated rings. The third kappa shape index (κ3) is 3.41. The molecule has 1 N–H and O–H groups in total. The third-order valence-corrected chi connectivity index (χ3v) is 6.63. The van der Waals surface area contributed by atoms with Crippen molar-refractivity contribution in [3.8, 4) is 5.75 Å². The molecular formula is C21H20NO5S. The number of nitrogens with zero attached hydrogens (tertiary/aromatic N) is 1. The van der Waals surface area contributed by atoms with Crippen molar-refractivity contribution in [3.05, 3.63) is 65.2 Å². The number of aliphatic carboxylic acids is 1. The van der Waals surface area contributed by atoms with E-state index in [2.05, 4.69) is 0 Å². The summed E-state index contributed by atoms with van der Waals surface area (Å²) in [5.41, 5.74) is 1.72. The Morgan fingerprint density at radius 3 is 2.21 bits per heavy atom. The van der Waals surface area contributed by atoms with E-state index in [1.807, 2.05) is 6.92 Å². The van der Waals surface area contributed by atoms with Crippen LogP contribution < -0.4 is 4.31 Å². The summed E-state index contributed by atoms with van der Waals surface area (Å²) in [7, 11) is -4.27. The van der Waals surface area contributed by atoms with E-state index in [1.165, 1.54) is 6.07 Å². The van der Waals surface area contributed by atoms with E-state index in [0.29, 0.717) is 26.2 Å². The van der Waals surface area contributed by atoms with E-state index >= 15 is 0 Å². The van der Waals surface area contributed by atoms with Crippen LogP contribution in [0.25, 0.3) is 10.8 Å². The number of fused-ring (bicyclic) bond motifs is 1. The fourth-order valence-electron chi connectivity index (χ4n) is 3.53. The molecule has 145 valence electrons. The molecule has 0 saturated heterocycles. The molecule has 0 spiro atoms. The first-order valence-corrected chi connectivity index (χ1v) is 10.1. The standard InChI is InChI=1S/C21H20NO5S/c1-13-10-14(2)21(15(3)11-13)28(26,27)22(12-19(23)24)18-9-8-16-6-4-5-7-17(16)20(18)25/h4-11H,12H2,1-3H3,(H,23,24). The van der Waals surface area contributed by atoms with Gasteiger partial charge < -0.3 is 5.11 Å². The first-order chi connectivity index (χ1) is 13.1. The smallest absolute Gasteiger partial charge is 0.324 e. The maximum atomic E-state index is 13.4. The number of benzene rings is 3. The lowest BCUT2D eigenvalue weighted by Gasteiger charge is -2.25. The second-order valence-corrected chi connectivity index (χ2v) is 8.57. The molecular weight excluding hydrogens is 378 g/mol. The van der Waals surface area contributed by atoms with Crippen LogP contribution in [0, 0.1) is 20.8 Å². The van der Waals surface area contributed by atoms with Crippen LogP contribution in [-0.2, 0) is 19.9 Å². The zero-order chi connectivity index (χ0) is 20.6. The summed E-state index contributed by atoms with van der Waals surface area (Å²) in [6.45, 7) is 4.32. The predicted molar refractivity (Wildman–Crippen MR) is 107 cm³/mol. The molecule has 0 heterocycles. The lowest BCUT2D eigenvalue weighted by atomic mass is 10.1. The molecule has 7 heteroatoms. The van der Waals surface area contributed by atoms with Gasteiger partial charge in [0.1, 0.15) is 12.2 Å². The van der Waals surface area contributed by atoms with Crippen molar-refractivity contribution in [2.45, 2.75) is 25.7 Å². The van der Waals surface area contributed by atoms with Gasteiger partial charge in [-0.1, -0.05) is 48.0 Å². The minimum Gasteiger partial charge on any atom is -0.480 e. The summed E-state index contributed by atoms with van der Waals surface area (Å²) >= 11 is 0. The SMILES string of the molecule is Cc1cc(C)c(S(=O)(=O)N(CC(=O)O)c2ccc3ccccc3c2[O])c(C)c1. The summed E-state index contributed by atoms with van der Waals surface area (Å²) in [6.07, 6.45) is 0. The molecule has 0 bridgehead atoms. The predicted octanol–water partition coefficient (Wildman–Crippen LogP) is 4.19. The molecule has 0 aliphatic heterocycles. The minimum absolute atomic E-state index is 0.0203. The number of carbonyl (C=O) groups is 1. The Balaban J connectivity index is 2.27. The van der Waals surface area contributed by atoms with Gasteiger partial charge in [-0.15, -0.1) is 0 Å². The van der Waals surface area contributed by atoms with Crippen molar-refractivity contribution in [1.82, 2.24) is 0 Å². The van der Waals surface area contributed by atoms with E-state index in [1.54, 1.807) is 56.3 Å². The molecule has 6 nitrogen and oxygen atoms in total. The molecule has 28 heavy (non-hydrogen) atoms. The van der Waals surface area contributed by atoms with Crippen molar-refractivity contribution in [2.75, 3.05) is 10.8 Å². The lowest BCUT2D eigenvalue weighted by molar-refractivity contribution is -0.135. The van der Waals surface area contributed by atoms with Crippen LogP contribution in [0.1, 0.15) is 16.7 Å². The number of sulfonamides is 1. The molecule has 0 amide bonds. The quantitative estimate of drug-likeness (QED) is 0.697. The lowest BCUT2D eigenvalue weighted by Crippen LogP contribution is -2.36. The Hall–Kier alpha value is -3.06. The van der Waals surface area contributed by atoms with Gasteiger partial charge in [0.2, 0.25) is 5.75 Å². The van der Waals surface area contributed by atoms with E-state index in [4.69, 9.17) is 0 Å². The topological polar surface area (TPSA) is 94.6 Å². The van der Waals surface area contributed by atoms with Crippen molar-refractivity contribution in [3.63, 3.8) is 0 Å². The molecule has 1 radical (unpaired) electrons. The van der Waals surface area contributed by atoms with Gasteiger partial charge >= 0.3 is 5.97 Å². The number of anilines is 1. The van der Waals surface area contributed by atoms with Crippen LogP contribution in [0.15, 0.2) is 53.4 Å². The van der Waals surface area contributed by atoms with Crippen LogP contribution in [0.5, 0.6) is 5.75 Å². The van der Waals surface area contributed by atoms with Gasteiger partial charge in [-0.05, 0) is 43.4 Å². The Morgan fingerprint density at radius 1 is 1.00 bits per heavy atom. The highest BCUT2D eigenvalue weighted by atomic mass is 32.2. The van der Waals surface area contributed by atoms with E-state index in [0.717, 1.165) is 5.56 Å². The van der Waals surface area contributed by atoms with Crippen LogP contribution in [0.3, 0.4) is 0 Å². The zero-order valence-electron chi connectivity index (χ0n) is 15.8. The van der Waals surface area contributed by atoms with Gasteiger partial charge in [0, 0.05) is 5.39 Å². The summed E-state index contributed by atoms with van der Waals surface area (Å²) in [5, 5.41) is 23.3. The van der Waals surface area contributed by atoms with Gasteiger partial charge in [-0.3, -0.25) is 14.2 Å². The van der Waals surface area contributed by atoms with Gasteiger partial charge in [0.15, 0.2) is 0 Å². The van der Waals surface area contributed by atoms with Crippen molar-refractivity contribution in [2.24, 2.45) is 0 Å². The monoisotopic (exact) mass is 398 g/mol. The van der Waals surface area contributed by atoms with Crippen LogP contribution in [0.2, 0.25) is 0 Å². The molecule has 0 aliphatic carbocycles. The number of carboxylic acids is 1. The number of hydrogen-bond acceptors (Lipinski definition) is 3. The van der Waals surface area contributed by atoms with E-state index in [-0.39, 0.29) is 10.6 Å². The summed E-state index contributed by atoms with van der Waals surface area (Å²) in [6, 6.07) is 13.2. The number of rotatable bonds is 5. The van der Waals surface area contributed by atoms with Crippen molar-refractivity contribution in [1.29, 1.82) is 0 Å². The second kappa shape index (κ2) is 7.16. The average Bonchev–Trinajstić information content (AvgIpc) is 2.59. The van der Waals surface area contributed by atoms with Crippen molar-refractivity contribution >= 4 is 32.5 Å². The maximum Gasteiger partial charge on any atom is 0.324 e. The van der Waals surface area contributed by atoms with Crippen LogP contribution >= 0.6 is 0 Å². The van der Waals surface area contributed by atoms with Gasteiger partial charge in [-0.2, -0.15) is 0 Å². The Morgan fingerprint density at radius 2 is 1.61 bits per heavy atom. The van der Waals surface area contributed by atoms with Crippen LogP contribution in [0.4, 0.5) is 5.69 Å². The zero-order valence-corrected chi connectivity index (χ0v) is 16.6. The van der Waals surface area contributed by atoms with Crippen LogP contribution in [-0.4, -0.2) is 26.0 Å². The second-order valence-electron chi connectivity index (χ2n) is 6.77. The molecule has 0 saturated carbocycles. The molecule has 0 unspecified atom stereocenters. The Kier molecular flexibility index (Phi) is 5.04. The maximum absolute atomic E-state index is 13.4. The molecule has 3 aromatic carbocycles. The largest absolute Gasteiger partial charge is 0.480 e.